The monoisotopic (exact) mass is 421 g/mol. The average Bonchev–Trinajstić information content (AvgIpc) is 3.10. The summed E-state index contributed by atoms with van der Waals surface area (Å²) in [5, 5.41) is 12.8. The van der Waals surface area contributed by atoms with E-state index >= 15 is 0 Å². The minimum Gasteiger partial charge on any atom is -0.497 e. The molecule has 0 aliphatic carbocycles. The summed E-state index contributed by atoms with van der Waals surface area (Å²) >= 11 is 1.31. The largest absolute Gasteiger partial charge is 0.497 e. The van der Waals surface area contributed by atoms with Crippen molar-refractivity contribution >= 4 is 39.7 Å². The second-order valence-electron chi connectivity index (χ2n) is 6.85. The summed E-state index contributed by atoms with van der Waals surface area (Å²) < 4.78 is 7.28. The molecule has 0 fully saturated rings. The fourth-order valence-electron chi connectivity index (χ4n) is 3.35. The number of ether oxygens (including phenoxy) is 1. The topological polar surface area (TPSA) is 81.9 Å². The van der Waals surface area contributed by atoms with E-state index in [4.69, 9.17) is 9.72 Å². The molecule has 1 N–H and O–H groups in total. The van der Waals surface area contributed by atoms with Crippen LogP contribution in [0, 0.1) is 0 Å². The number of hydrogen-bond donors (Lipinski definition) is 1. The predicted octanol–water partition coefficient (Wildman–Crippen LogP) is 3.81. The van der Waals surface area contributed by atoms with Crippen molar-refractivity contribution in [2.75, 3.05) is 7.11 Å². The van der Waals surface area contributed by atoms with Gasteiger partial charge in [-0.2, -0.15) is 0 Å². The van der Waals surface area contributed by atoms with Crippen LogP contribution in [0.1, 0.15) is 19.4 Å². The summed E-state index contributed by atoms with van der Waals surface area (Å²) in [5.74, 6) is 0.717. The predicted molar refractivity (Wildman–Crippen MR) is 119 cm³/mol. The summed E-state index contributed by atoms with van der Waals surface area (Å²) in [6, 6.07) is 15.7. The number of amides is 1. The molecule has 8 heteroatoms. The van der Waals surface area contributed by atoms with Crippen LogP contribution in [0.5, 0.6) is 5.75 Å². The molecular weight excluding hydrogens is 398 g/mol. The number of para-hydroxylation sites is 1. The Morgan fingerprint density at radius 2 is 1.93 bits per heavy atom. The van der Waals surface area contributed by atoms with E-state index in [1.165, 1.54) is 11.8 Å². The van der Waals surface area contributed by atoms with Crippen molar-refractivity contribution in [1.82, 2.24) is 25.1 Å². The normalized spacial score (nSPS) is 12.2. The number of nitrogens with one attached hydrogen (secondary N) is 1. The molecule has 4 rings (SSSR count). The van der Waals surface area contributed by atoms with E-state index in [1.54, 1.807) is 7.11 Å². The van der Waals surface area contributed by atoms with Gasteiger partial charge in [0.2, 0.25) is 11.1 Å². The number of benzene rings is 2. The smallest absolute Gasteiger partial charge is 0.233 e. The summed E-state index contributed by atoms with van der Waals surface area (Å²) in [5.41, 5.74) is 3.67. The Bertz CT molecular complexity index is 1190. The third-order valence-electron chi connectivity index (χ3n) is 4.95. The number of carbonyl (C=O) groups excluding carboxylic acids is 1. The molecule has 7 nitrogen and oxygen atoms in total. The maximum absolute atomic E-state index is 12.5. The lowest BCUT2D eigenvalue weighted by Crippen LogP contribution is -2.30. The molecule has 30 heavy (non-hydrogen) atoms. The number of hydrogen-bond acceptors (Lipinski definition) is 6. The van der Waals surface area contributed by atoms with Crippen LogP contribution in [-0.2, 0) is 17.9 Å². The highest BCUT2D eigenvalue weighted by atomic mass is 32.2. The lowest BCUT2D eigenvalue weighted by Gasteiger charge is -2.11. The van der Waals surface area contributed by atoms with Gasteiger partial charge in [-0.05, 0) is 37.6 Å². The Morgan fingerprint density at radius 3 is 2.67 bits per heavy atom. The molecule has 0 aliphatic heterocycles. The highest BCUT2D eigenvalue weighted by Crippen LogP contribution is 2.28. The SMILES string of the molecule is CCn1c2ccccc2c2nnc(S[C@@H](C)C(=O)NCc3ccc(OC)cc3)nc21. The van der Waals surface area contributed by atoms with E-state index in [2.05, 4.69) is 33.1 Å². The summed E-state index contributed by atoms with van der Waals surface area (Å²) in [4.78, 5) is 17.2. The summed E-state index contributed by atoms with van der Waals surface area (Å²) in [6.07, 6.45) is 0. The van der Waals surface area contributed by atoms with Gasteiger partial charge in [0.05, 0.1) is 17.9 Å². The third kappa shape index (κ3) is 3.95. The van der Waals surface area contributed by atoms with Gasteiger partial charge in [0.1, 0.15) is 11.3 Å². The molecule has 0 saturated heterocycles. The molecule has 2 aromatic carbocycles. The molecular formula is C22H23N5O2S. The molecule has 0 aliphatic rings. The minimum absolute atomic E-state index is 0.0736. The molecule has 1 atom stereocenters. The van der Waals surface area contributed by atoms with Crippen molar-refractivity contribution in [2.24, 2.45) is 0 Å². The van der Waals surface area contributed by atoms with E-state index in [-0.39, 0.29) is 11.2 Å². The van der Waals surface area contributed by atoms with Crippen molar-refractivity contribution in [3.8, 4) is 5.75 Å². The van der Waals surface area contributed by atoms with Crippen LogP contribution >= 0.6 is 11.8 Å². The van der Waals surface area contributed by atoms with Crippen molar-refractivity contribution in [2.45, 2.75) is 37.3 Å². The van der Waals surface area contributed by atoms with Gasteiger partial charge < -0.3 is 14.6 Å². The van der Waals surface area contributed by atoms with Crippen LogP contribution in [0.15, 0.2) is 53.7 Å². The number of aryl methyl sites for hydroxylation is 1. The number of rotatable bonds is 7. The zero-order valence-electron chi connectivity index (χ0n) is 17.1. The molecule has 2 aromatic heterocycles. The Balaban J connectivity index is 1.47. The van der Waals surface area contributed by atoms with Gasteiger partial charge in [-0.1, -0.05) is 42.1 Å². The first-order valence-electron chi connectivity index (χ1n) is 9.79. The second-order valence-corrected chi connectivity index (χ2v) is 8.16. The fourth-order valence-corrected chi connectivity index (χ4v) is 4.08. The van der Waals surface area contributed by atoms with Gasteiger partial charge in [0.25, 0.3) is 0 Å². The van der Waals surface area contributed by atoms with E-state index in [9.17, 15) is 4.79 Å². The first-order chi connectivity index (χ1) is 14.6. The van der Waals surface area contributed by atoms with Gasteiger partial charge in [-0.3, -0.25) is 4.79 Å². The van der Waals surface area contributed by atoms with Crippen LogP contribution in [-0.4, -0.2) is 38.0 Å². The van der Waals surface area contributed by atoms with E-state index < -0.39 is 0 Å². The third-order valence-corrected chi connectivity index (χ3v) is 5.90. The zero-order valence-corrected chi connectivity index (χ0v) is 17.9. The van der Waals surface area contributed by atoms with Crippen molar-refractivity contribution in [1.29, 1.82) is 0 Å². The quantitative estimate of drug-likeness (QED) is 0.457. The van der Waals surface area contributed by atoms with Crippen LogP contribution in [0.3, 0.4) is 0 Å². The lowest BCUT2D eigenvalue weighted by molar-refractivity contribution is -0.120. The Hall–Kier alpha value is -3.13. The molecule has 0 unspecified atom stereocenters. The summed E-state index contributed by atoms with van der Waals surface area (Å²) in [7, 11) is 1.63. The maximum Gasteiger partial charge on any atom is 0.233 e. The van der Waals surface area contributed by atoms with Crippen molar-refractivity contribution in [3.63, 3.8) is 0 Å². The van der Waals surface area contributed by atoms with Crippen LogP contribution in [0.4, 0.5) is 0 Å². The molecule has 0 bridgehead atoms. The van der Waals surface area contributed by atoms with Crippen molar-refractivity contribution < 1.29 is 9.53 Å². The van der Waals surface area contributed by atoms with Crippen LogP contribution < -0.4 is 10.1 Å². The minimum atomic E-state index is -0.345. The average molecular weight is 422 g/mol. The molecule has 0 spiro atoms. The second kappa shape index (κ2) is 8.71. The molecule has 154 valence electrons. The molecule has 0 radical (unpaired) electrons. The van der Waals surface area contributed by atoms with Gasteiger partial charge in [-0.15, -0.1) is 10.2 Å². The van der Waals surface area contributed by atoms with E-state index in [0.717, 1.165) is 39.9 Å². The summed E-state index contributed by atoms with van der Waals surface area (Å²) in [6.45, 7) is 5.16. The number of aromatic nitrogens is 4. The molecule has 4 aromatic rings. The van der Waals surface area contributed by atoms with E-state index in [0.29, 0.717) is 11.7 Å². The highest BCUT2D eigenvalue weighted by molar-refractivity contribution is 8.00. The molecule has 1 amide bonds. The van der Waals surface area contributed by atoms with Crippen LogP contribution in [0.2, 0.25) is 0 Å². The number of fused-ring (bicyclic) bond motifs is 3. The zero-order chi connectivity index (χ0) is 21.1. The lowest BCUT2D eigenvalue weighted by atomic mass is 10.2. The highest BCUT2D eigenvalue weighted by Gasteiger charge is 2.19. The van der Waals surface area contributed by atoms with Gasteiger partial charge >= 0.3 is 0 Å². The first-order valence-corrected chi connectivity index (χ1v) is 10.7. The Kier molecular flexibility index (Phi) is 5.85. The fraction of sp³-hybridized carbons (Fsp3) is 0.273. The standard InChI is InChI=1S/C22H23N5O2S/c1-4-27-18-8-6-5-7-17(18)19-20(27)24-22(26-25-19)30-14(2)21(28)23-13-15-9-11-16(29-3)12-10-15/h5-12,14H,4,13H2,1-3H3,(H,23,28)/t14-/m0/s1. The maximum atomic E-state index is 12.5. The van der Waals surface area contributed by atoms with Crippen LogP contribution in [0.25, 0.3) is 22.1 Å². The van der Waals surface area contributed by atoms with Gasteiger partial charge in [0, 0.05) is 18.5 Å². The number of carbonyl (C=O) groups is 1. The Morgan fingerprint density at radius 1 is 1.17 bits per heavy atom. The first kappa shape index (κ1) is 20.2. The van der Waals surface area contributed by atoms with Crippen molar-refractivity contribution in [3.05, 3.63) is 54.1 Å². The Labute approximate surface area is 178 Å². The van der Waals surface area contributed by atoms with E-state index in [1.807, 2.05) is 49.4 Å². The number of nitrogens with zero attached hydrogens (tertiary/aromatic N) is 4. The molecule has 0 saturated carbocycles. The number of methoxy groups -OCH3 is 1. The van der Waals surface area contributed by atoms with Gasteiger partial charge in [0.15, 0.2) is 5.65 Å². The van der Waals surface area contributed by atoms with Gasteiger partial charge in [-0.25, -0.2) is 4.98 Å². The molecule has 2 heterocycles. The number of thioether (sulfide) groups is 1.